The van der Waals surface area contributed by atoms with Gasteiger partial charge in [-0.3, -0.25) is 9.36 Å². The molecule has 0 N–H and O–H groups in total. The SMILES string of the molecule is CCCCN(CCCC)C(=O)CP(=O)(OCC)OCC. The summed E-state index contributed by atoms with van der Waals surface area (Å²) >= 11 is 0. The third kappa shape index (κ3) is 8.03. The van der Waals surface area contributed by atoms with Crippen molar-refractivity contribution in [3.63, 3.8) is 0 Å². The van der Waals surface area contributed by atoms with E-state index >= 15 is 0 Å². The van der Waals surface area contributed by atoms with E-state index in [4.69, 9.17) is 9.05 Å². The quantitative estimate of drug-likeness (QED) is 0.516. The first-order chi connectivity index (χ1) is 9.52. The van der Waals surface area contributed by atoms with E-state index in [2.05, 4.69) is 13.8 Å². The monoisotopic (exact) mass is 307 g/mol. The van der Waals surface area contributed by atoms with Gasteiger partial charge in [-0.2, -0.15) is 0 Å². The Hall–Kier alpha value is -0.380. The van der Waals surface area contributed by atoms with Crippen molar-refractivity contribution < 1.29 is 18.4 Å². The summed E-state index contributed by atoms with van der Waals surface area (Å²) in [6, 6.07) is 0. The predicted molar refractivity (Wildman–Crippen MR) is 82.1 cm³/mol. The smallest absolute Gasteiger partial charge is 0.340 e. The predicted octanol–water partition coefficient (Wildman–Crippen LogP) is 3.68. The van der Waals surface area contributed by atoms with Crippen molar-refractivity contribution in [3.8, 4) is 0 Å². The molecule has 0 fully saturated rings. The van der Waals surface area contributed by atoms with Crippen LogP contribution in [-0.4, -0.2) is 43.3 Å². The standard InChI is InChI=1S/C14H30NO4P/c1-5-9-11-15(12-10-6-2)14(16)13-20(17,18-7-3)19-8-4/h5-13H2,1-4H3. The third-order valence-corrected chi connectivity index (χ3v) is 4.86. The molecule has 20 heavy (non-hydrogen) atoms. The zero-order chi connectivity index (χ0) is 15.4. The summed E-state index contributed by atoms with van der Waals surface area (Å²) < 4.78 is 22.8. The van der Waals surface area contributed by atoms with Crippen molar-refractivity contribution in [2.45, 2.75) is 53.4 Å². The molecule has 0 saturated carbocycles. The summed E-state index contributed by atoms with van der Waals surface area (Å²) in [5, 5.41) is 0. The van der Waals surface area contributed by atoms with Crippen LogP contribution in [-0.2, 0) is 18.4 Å². The number of hydrogen-bond donors (Lipinski definition) is 0. The van der Waals surface area contributed by atoms with E-state index in [1.807, 2.05) is 0 Å². The molecule has 0 unspecified atom stereocenters. The van der Waals surface area contributed by atoms with Crippen LogP contribution in [0.4, 0.5) is 0 Å². The van der Waals surface area contributed by atoms with Gasteiger partial charge in [-0.1, -0.05) is 26.7 Å². The van der Waals surface area contributed by atoms with Crippen LogP contribution in [0.25, 0.3) is 0 Å². The molecule has 5 nitrogen and oxygen atoms in total. The number of hydrogen-bond acceptors (Lipinski definition) is 4. The van der Waals surface area contributed by atoms with Crippen LogP contribution in [0.15, 0.2) is 0 Å². The maximum Gasteiger partial charge on any atom is 0.340 e. The molecular formula is C14H30NO4P. The van der Waals surface area contributed by atoms with Crippen molar-refractivity contribution >= 4 is 13.5 Å². The Morgan fingerprint density at radius 3 is 1.75 bits per heavy atom. The average Bonchev–Trinajstić information content (AvgIpc) is 2.39. The van der Waals surface area contributed by atoms with Crippen LogP contribution in [0.5, 0.6) is 0 Å². The van der Waals surface area contributed by atoms with Crippen LogP contribution < -0.4 is 0 Å². The minimum absolute atomic E-state index is 0.128. The summed E-state index contributed by atoms with van der Waals surface area (Å²) in [6.07, 6.45) is 3.84. The van der Waals surface area contributed by atoms with Crippen molar-refractivity contribution in [1.82, 2.24) is 4.90 Å². The first kappa shape index (κ1) is 19.6. The molecule has 0 atom stereocenters. The van der Waals surface area contributed by atoms with Crippen molar-refractivity contribution in [2.75, 3.05) is 32.5 Å². The topological polar surface area (TPSA) is 55.8 Å². The van der Waals surface area contributed by atoms with Gasteiger partial charge in [-0.05, 0) is 26.7 Å². The van der Waals surface area contributed by atoms with Crippen molar-refractivity contribution in [2.24, 2.45) is 0 Å². The fourth-order valence-electron chi connectivity index (χ4n) is 1.85. The number of carbonyl (C=O) groups is 1. The van der Waals surface area contributed by atoms with E-state index in [0.717, 1.165) is 25.7 Å². The van der Waals surface area contributed by atoms with Crippen LogP contribution in [0.3, 0.4) is 0 Å². The minimum Gasteiger partial charge on any atom is -0.342 e. The lowest BCUT2D eigenvalue weighted by Gasteiger charge is -2.25. The number of carbonyl (C=O) groups excluding carboxylic acids is 1. The molecule has 6 heteroatoms. The third-order valence-electron chi connectivity index (χ3n) is 2.90. The highest BCUT2D eigenvalue weighted by molar-refractivity contribution is 7.54. The van der Waals surface area contributed by atoms with E-state index in [9.17, 15) is 9.36 Å². The van der Waals surface area contributed by atoms with Crippen LogP contribution in [0.1, 0.15) is 53.4 Å². The molecule has 0 heterocycles. The molecule has 0 aromatic rings. The summed E-state index contributed by atoms with van der Waals surface area (Å²) in [4.78, 5) is 14.1. The lowest BCUT2D eigenvalue weighted by atomic mass is 10.2. The number of nitrogens with zero attached hydrogens (tertiary/aromatic N) is 1. The van der Waals surface area contributed by atoms with E-state index < -0.39 is 7.60 Å². The van der Waals surface area contributed by atoms with Gasteiger partial charge in [0.1, 0.15) is 6.16 Å². The fraction of sp³-hybridized carbons (Fsp3) is 0.929. The second kappa shape index (κ2) is 11.3. The molecule has 0 bridgehead atoms. The first-order valence-corrected chi connectivity index (χ1v) is 9.41. The Bertz CT molecular complexity index is 292. The number of unbranched alkanes of at least 4 members (excludes halogenated alkanes) is 2. The maximum atomic E-state index is 12.4. The van der Waals surface area contributed by atoms with Crippen LogP contribution >= 0.6 is 7.60 Å². The number of rotatable bonds is 12. The van der Waals surface area contributed by atoms with Crippen molar-refractivity contribution in [3.05, 3.63) is 0 Å². The maximum absolute atomic E-state index is 12.4. The van der Waals surface area contributed by atoms with E-state index in [1.54, 1.807) is 18.7 Å². The van der Waals surface area contributed by atoms with Crippen molar-refractivity contribution in [1.29, 1.82) is 0 Å². The molecular weight excluding hydrogens is 277 g/mol. The summed E-state index contributed by atoms with van der Waals surface area (Å²) in [5.41, 5.74) is 0. The van der Waals surface area contributed by atoms with Gasteiger partial charge in [-0.15, -0.1) is 0 Å². The van der Waals surface area contributed by atoms with Gasteiger partial charge in [0.05, 0.1) is 13.2 Å². The lowest BCUT2D eigenvalue weighted by Crippen LogP contribution is -2.35. The highest BCUT2D eigenvalue weighted by Gasteiger charge is 2.29. The Morgan fingerprint density at radius 1 is 0.950 bits per heavy atom. The molecule has 0 aromatic heterocycles. The molecule has 1 amide bonds. The first-order valence-electron chi connectivity index (χ1n) is 7.68. The minimum atomic E-state index is -3.28. The van der Waals surface area contributed by atoms with Gasteiger partial charge < -0.3 is 13.9 Å². The van der Waals surface area contributed by atoms with E-state index in [1.165, 1.54) is 0 Å². The van der Waals surface area contributed by atoms with E-state index in [-0.39, 0.29) is 25.3 Å². The van der Waals surface area contributed by atoms with Gasteiger partial charge in [-0.25, -0.2) is 0 Å². The molecule has 120 valence electrons. The average molecular weight is 307 g/mol. The van der Waals surface area contributed by atoms with Gasteiger partial charge in [0, 0.05) is 13.1 Å². The number of amides is 1. The Balaban J connectivity index is 4.63. The highest BCUT2D eigenvalue weighted by atomic mass is 31.2. The highest BCUT2D eigenvalue weighted by Crippen LogP contribution is 2.47. The zero-order valence-electron chi connectivity index (χ0n) is 13.4. The molecule has 0 saturated heterocycles. The van der Waals surface area contributed by atoms with Crippen LogP contribution in [0, 0.1) is 0 Å². The molecule has 0 aromatic carbocycles. The largest absolute Gasteiger partial charge is 0.342 e. The summed E-state index contributed by atoms with van der Waals surface area (Å²) in [5.74, 6) is -0.128. The molecule has 0 radical (unpaired) electrons. The van der Waals surface area contributed by atoms with E-state index in [0.29, 0.717) is 13.1 Å². The summed E-state index contributed by atoms with van der Waals surface area (Å²) in [7, 11) is -3.28. The zero-order valence-corrected chi connectivity index (χ0v) is 14.3. The van der Waals surface area contributed by atoms with Crippen LogP contribution in [0.2, 0.25) is 0 Å². The van der Waals surface area contributed by atoms with Gasteiger partial charge in [0.25, 0.3) is 0 Å². The molecule has 0 spiro atoms. The second-order valence-corrected chi connectivity index (χ2v) is 6.75. The molecule has 0 aliphatic rings. The van der Waals surface area contributed by atoms with Gasteiger partial charge in [0.15, 0.2) is 0 Å². The van der Waals surface area contributed by atoms with Gasteiger partial charge in [0.2, 0.25) is 5.91 Å². The molecule has 0 aliphatic heterocycles. The fourth-order valence-corrected chi connectivity index (χ4v) is 3.42. The molecule has 0 rings (SSSR count). The second-order valence-electron chi connectivity index (χ2n) is 4.69. The Kier molecular flexibility index (Phi) is 11.1. The Labute approximate surface area is 123 Å². The normalized spacial score (nSPS) is 11.6. The van der Waals surface area contributed by atoms with Gasteiger partial charge >= 0.3 is 7.60 Å². The lowest BCUT2D eigenvalue weighted by molar-refractivity contribution is -0.128. The summed E-state index contributed by atoms with van der Waals surface area (Å²) in [6.45, 7) is 9.69. The Morgan fingerprint density at radius 2 is 1.40 bits per heavy atom. The molecule has 0 aliphatic carbocycles.